The zero-order valence-corrected chi connectivity index (χ0v) is 30.6. The van der Waals surface area contributed by atoms with E-state index in [2.05, 4.69) is 217 Å². The van der Waals surface area contributed by atoms with Gasteiger partial charge in [-0.25, -0.2) is 0 Å². The Morgan fingerprint density at radius 3 is 1.70 bits per heavy atom. The molecule has 0 bridgehead atoms. The van der Waals surface area contributed by atoms with Crippen LogP contribution in [0, 0.1) is 0 Å². The first-order chi connectivity index (χ1) is 27.7. The highest BCUT2D eigenvalue weighted by molar-refractivity contribution is 6.19. The van der Waals surface area contributed by atoms with E-state index in [1.165, 1.54) is 60.3 Å². The first kappa shape index (κ1) is 32.0. The van der Waals surface area contributed by atoms with E-state index in [-0.39, 0.29) is 0 Å². The van der Waals surface area contributed by atoms with Crippen LogP contribution in [0.2, 0.25) is 0 Å². The number of benzene rings is 10. The number of nitrogens with zero attached hydrogens (tertiary/aromatic N) is 1. The highest BCUT2D eigenvalue weighted by Crippen LogP contribution is 2.44. The largest absolute Gasteiger partial charge is 0.455 e. The van der Waals surface area contributed by atoms with Crippen molar-refractivity contribution < 1.29 is 4.42 Å². The second kappa shape index (κ2) is 13.2. The van der Waals surface area contributed by atoms with Crippen molar-refractivity contribution in [2.75, 3.05) is 4.90 Å². The minimum Gasteiger partial charge on any atom is -0.455 e. The summed E-state index contributed by atoms with van der Waals surface area (Å²) < 4.78 is 6.68. The maximum atomic E-state index is 6.68. The fourth-order valence-electron chi connectivity index (χ4n) is 8.48. The van der Waals surface area contributed by atoms with Crippen LogP contribution in [0.4, 0.5) is 17.1 Å². The average Bonchev–Trinajstić information content (AvgIpc) is 3.65. The van der Waals surface area contributed by atoms with Crippen molar-refractivity contribution in [3.63, 3.8) is 0 Å². The third kappa shape index (κ3) is 5.42. The van der Waals surface area contributed by atoms with Crippen molar-refractivity contribution in [2.24, 2.45) is 0 Å². The number of fused-ring (bicyclic) bond motifs is 8. The summed E-state index contributed by atoms with van der Waals surface area (Å²) in [6.45, 7) is 0. The Balaban J connectivity index is 1.07. The van der Waals surface area contributed by atoms with E-state index >= 15 is 0 Å². The maximum absolute atomic E-state index is 6.68. The van der Waals surface area contributed by atoms with E-state index in [9.17, 15) is 0 Å². The first-order valence-corrected chi connectivity index (χ1v) is 19.2. The summed E-state index contributed by atoms with van der Waals surface area (Å²) in [5, 5.41) is 9.57. The third-order valence-electron chi connectivity index (χ3n) is 11.2. The molecule has 262 valence electrons. The van der Waals surface area contributed by atoms with Gasteiger partial charge in [0.1, 0.15) is 11.2 Å². The monoisotopic (exact) mass is 713 g/mol. The Morgan fingerprint density at radius 1 is 0.286 bits per heavy atom. The lowest BCUT2D eigenvalue weighted by atomic mass is 9.95. The number of furan rings is 1. The summed E-state index contributed by atoms with van der Waals surface area (Å²) >= 11 is 0. The second-order valence-electron chi connectivity index (χ2n) is 14.5. The summed E-state index contributed by atoms with van der Waals surface area (Å²) in [5.74, 6) is 0. The van der Waals surface area contributed by atoms with Crippen LogP contribution in [-0.2, 0) is 0 Å². The molecule has 10 aromatic carbocycles. The lowest BCUT2D eigenvalue weighted by Crippen LogP contribution is -2.10. The van der Waals surface area contributed by atoms with Crippen LogP contribution in [0.25, 0.3) is 87.6 Å². The van der Waals surface area contributed by atoms with Crippen LogP contribution in [0.1, 0.15) is 0 Å². The first-order valence-electron chi connectivity index (χ1n) is 19.2. The van der Waals surface area contributed by atoms with Gasteiger partial charge in [-0.1, -0.05) is 158 Å². The third-order valence-corrected chi connectivity index (χ3v) is 11.2. The lowest BCUT2D eigenvalue weighted by Gasteiger charge is -2.26. The van der Waals surface area contributed by atoms with Crippen LogP contribution in [-0.4, -0.2) is 0 Å². The molecule has 11 rings (SSSR count). The second-order valence-corrected chi connectivity index (χ2v) is 14.5. The van der Waals surface area contributed by atoms with Gasteiger partial charge in [0.2, 0.25) is 0 Å². The molecule has 1 aromatic heterocycles. The Labute approximate surface area is 325 Å². The number of hydrogen-bond acceptors (Lipinski definition) is 2. The van der Waals surface area contributed by atoms with Gasteiger partial charge in [0.25, 0.3) is 0 Å². The minimum absolute atomic E-state index is 0.872. The lowest BCUT2D eigenvalue weighted by molar-refractivity contribution is 0.672. The van der Waals surface area contributed by atoms with E-state index in [1.54, 1.807) is 0 Å². The molecule has 2 heteroatoms. The molecular formula is C54H35NO. The molecule has 0 saturated carbocycles. The van der Waals surface area contributed by atoms with E-state index in [1.807, 2.05) is 0 Å². The molecule has 0 aliphatic rings. The molecular weight excluding hydrogens is 679 g/mol. The van der Waals surface area contributed by atoms with E-state index in [0.717, 1.165) is 44.4 Å². The Kier molecular flexibility index (Phi) is 7.53. The number of anilines is 3. The molecule has 11 aromatic rings. The molecule has 0 radical (unpaired) electrons. The Hall–Kier alpha value is -7.42. The highest BCUT2D eigenvalue weighted by atomic mass is 16.3. The van der Waals surface area contributed by atoms with Gasteiger partial charge in [-0.2, -0.15) is 0 Å². The molecule has 0 amide bonds. The molecule has 2 nitrogen and oxygen atoms in total. The van der Waals surface area contributed by atoms with Crippen LogP contribution in [0.5, 0.6) is 0 Å². The molecule has 0 saturated heterocycles. The normalized spacial score (nSPS) is 11.6. The molecule has 0 aliphatic heterocycles. The Morgan fingerprint density at radius 2 is 0.875 bits per heavy atom. The quantitative estimate of drug-likeness (QED) is 0.160. The fraction of sp³-hybridized carbons (Fsp3) is 0. The smallest absolute Gasteiger partial charge is 0.143 e. The summed E-state index contributed by atoms with van der Waals surface area (Å²) in [4.78, 5) is 2.36. The summed E-state index contributed by atoms with van der Waals surface area (Å²) in [7, 11) is 0. The van der Waals surface area contributed by atoms with Crippen molar-refractivity contribution in [1.82, 2.24) is 0 Å². The van der Waals surface area contributed by atoms with Gasteiger partial charge < -0.3 is 9.32 Å². The van der Waals surface area contributed by atoms with Gasteiger partial charge in [0.15, 0.2) is 0 Å². The van der Waals surface area contributed by atoms with Gasteiger partial charge in [0, 0.05) is 33.2 Å². The molecule has 0 N–H and O–H groups in total. The zero-order valence-electron chi connectivity index (χ0n) is 30.6. The van der Waals surface area contributed by atoms with Crippen LogP contribution in [0.3, 0.4) is 0 Å². The van der Waals surface area contributed by atoms with Crippen LogP contribution >= 0.6 is 0 Å². The molecule has 0 unspecified atom stereocenters. The van der Waals surface area contributed by atoms with Gasteiger partial charge >= 0.3 is 0 Å². The van der Waals surface area contributed by atoms with E-state index in [0.29, 0.717) is 0 Å². The van der Waals surface area contributed by atoms with Gasteiger partial charge in [-0.15, -0.1) is 0 Å². The van der Waals surface area contributed by atoms with E-state index < -0.39 is 0 Å². The summed E-state index contributed by atoms with van der Waals surface area (Å²) in [5.41, 5.74) is 12.1. The van der Waals surface area contributed by atoms with Crippen molar-refractivity contribution >= 4 is 71.3 Å². The van der Waals surface area contributed by atoms with Crippen molar-refractivity contribution in [3.05, 3.63) is 212 Å². The molecule has 0 aliphatic carbocycles. The molecule has 1 heterocycles. The standard InChI is InChI=1S/C54H35NO/c1-3-12-36(13-4-1)40-17-11-18-44(33-40)55(43-27-24-37(25-28-43)41-26-30-47-42(32-41)23-22-39-16-7-8-19-46(39)47)45-29-31-53-51(34-45)52-35-50(38-14-5-2-6-15-38)48-20-9-10-21-49(48)54(52)56-53/h1-35H. The minimum atomic E-state index is 0.872. The van der Waals surface area contributed by atoms with Crippen molar-refractivity contribution in [2.45, 2.75) is 0 Å². The van der Waals surface area contributed by atoms with Gasteiger partial charge in [-0.3, -0.25) is 0 Å². The van der Waals surface area contributed by atoms with Crippen LogP contribution < -0.4 is 4.90 Å². The van der Waals surface area contributed by atoms with Crippen molar-refractivity contribution in [3.8, 4) is 33.4 Å². The molecule has 0 atom stereocenters. The topological polar surface area (TPSA) is 16.4 Å². The predicted molar refractivity (Wildman–Crippen MR) is 237 cm³/mol. The predicted octanol–water partition coefficient (Wildman–Crippen LogP) is 15.5. The summed E-state index contributed by atoms with van der Waals surface area (Å²) in [6, 6.07) is 76.4. The number of hydrogen-bond donors (Lipinski definition) is 0. The zero-order chi connectivity index (χ0) is 37.0. The highest BCUT2D eigenvalue weighted by Gasteiger charge is 2.19. The molecule has 0 spiro atoms. The van der Waals surface area contributed by atoms with Crippen molar-refractivity contribution in [1.29, 1.82) is 0 Å². The SMILES string of the molecule is c1ccc(-c2cccc(N(c3ccc(-c4ccc5c(ccc6ccccc65)c4)cc3)c3ccc4oc5c6ccccc6c(-c6ccccc6)cc5c4c3)c2)cc1. The van der Waals surface area contributed by atoms with Crippen LogP contribution in [0.15, 0.2) is 217 Å². The summed E-state index contributed by atoms with van der Waals surface area (Å²) in [6.07, 6.45) is 0. The maximum Gasteiger partial charge on any atom is 0.143 e. The Bertz CT molecular complexity index is 3230. The average molecular weight is 714 g/mol. The molecule has 56 heavy (non-hydrogen) atoms. The van der Waals surface area contributed by atoms with Gasteiger partial charge in [-0.05, 0) is 115 Å². The molecule has 0 fully saturated rings. The van der Waals surface area contributed by atoms with E-state index in [4.69, 9.17) is 4.42 Å². The number of rotatable bonds is 6. The van der Waals surface area contributed by atoms with Gasteiger partial charge in [0.05, 0.1) is 0 Å². The fourth-order valence-corrected chi connectivity index (χ4v) is 8.48.